The normalized spacial score (nSPS) is 11.2. The highest BCUT2D eigenvalue weighted by molar-refractivity contribution is 6.30. The molecule has 19 heavy (non-hydrogen) atoms. The van der Waals surface area contributed by atoms with E-state index in [4.69, 9.17) is 16.3 Å². The van der Waals surface area contributed by atoms with Crippen LogP contribution in [0.25, 0.3) is 11.6 Å². The Kier molecular flexibility index (Phi) is 4.37. The summed E-state index contributed by atoms with van der Waals surface area (Å²) >= 11 is 5.84. The lowest BCUT2D eigenvalue weighted by molar-refractivity contribution is -0.103. The first kappa shape index (κ1) is 13.4. The van der Waals surface area contributed by atoms with E-state index in [-0.39, 0.29) is 0 Å². The Morgan fingerprint density at radius 1 is 1.11 bits per heavy atom. The van der Waals surface area contributed by atoms with E-state index >= 15 is 0 Å². The highest BCUT2D eigenvalue weighted by Crippen LogP contribution is 2.24. The molecular formula is C16H13ClO2. The molecule has 0 amide bonds. The Hall–Kier alpha value is -2.06. The van der Waals surface area contributed by atoms with Gasteiger partial charge in [-0.05, 0) is 29.8 Å². The number of carbonyl (C=O) groups is 1. The summed E-state index contributed by atoms with van der Waals surface area (Å²) in [5, 5.41) is 0.645. The van der Waals surface area contributed by atoms with Crippen molar-refractivity contribution < 1.29 is 9.53 Å². The van der Waals surface area contributed by atoms with Gasteiger partial charge in [0.15, 0.2) is 6.29 Å². The lowest BCUT2D eigenvalue weighted by Crippen LogP contribution is -1.89. The number of para-hydroxylation sites is 1. The van der Waals surface area contributed by atoms with Crippen LogP contribution in [-0.4, -0.2) is 13.4 Å². The van der Waals surface area contributed by atoms with Crippen LogP contribution in [0.5, 0.6) is 5.75 Å². The number of carbonyl (C=O) groups excluding carboxylic acids is 1. The van der Waals surface area contributed by atoms with Crippen molar-refractivity contribution in [3.63, 3.8) is 0 Å². The first-order valence-electron chi connectivity index (χ1n) is 5.80. The van der Waals surface area contributed by atoms with E-state index in [2.05, 4.69) is 0 Å². The monoisotopic (exact) mass is 272 g/mol. The number of allylic oxidation sites excluding steroid dienone is 1. The van der Waals surface area contributed by atoms with Gasteiger partial charge in [-0.25, -0.2) is 0 Å². The summed E-state index contributed by atoms with van der Waals surface area (Å²) in [5.74, 6) is 0.732. The number of aldehydes is 1. The summed E-state index contributed by atoms with van der Waals surface area (Å²) in [6, 6.07) is 14.7. The van der Waals surface area contributed by atoms with Gasteiger partial charge in [0.05, 0.1) is 7.11 Å². The summed E-state index contributed by atoms with van der Waals surface area (Å²) < 4.78 is 5.26. The SMILES string of the molecule is COc1ccccc1C=C(C=O)c1ccc(Cl)cc1. The molecule has 0 saturated heterocycles. The maximum atomic E-state index is 11.3. The highest BCUT2D eigenvalue weighted by Gasteiger charge is 2.04. The van der Waals surface area contributed by atoms with Gasteiger partial charge in [0, 0.05) is 16.2 Å². The predicted octanol–water partition coefficient (Wildman–Crippen LogP) is 4.09. The molecule has 96 valence electrons. The van der Waals surface area contributed by atoms with Gasteiger partial charge < -0.3 is 4.74 Å². The Bertz CT molecular complexity index is 600. The molecule has 3 heteroatoms. The number of hydrogen-bond donors (Lipinski definition) is 0. The predicted molar refractivity (Wildman–Crippen MR) is 78.4 cm³/mol. The summed E-state index contributed by atoms with van der Waals surface area (Å²) in [6.07, 6.45) is 2.63. The van der Waals surface area contributed by atoms with Crippen molar-refractivity contribution >= 4 is 29.5 Å². The molecule has 0 radical (unpaired) electrons. The molecule has 0 aromatic heterocycles. The molecule has 0 aliphatic rings. The smallest absolute Gasteiger partial charge is 0.150 e. The highest BCUT2D eigenvalue weighted by atomic mass is 35.5. The van der Waals surface area contributed by atoms with E-state index in [0.717, 1.165) is 23.2 Å². The van der Waals surface area contributed by atoms with Crippen LogP contribution in [0.3, 0.4) is 0 Å². The zero-order chi connectivity index (χ0) is 13.7. The van der Waals surface area contributed by atoms with Crippen molar-refractivity contribution in [3.8, 4) is 5.75 Å². The van der Waals surface area contributed by atoms with Crippen LogP contribution >= 0.6 is 11.6 Å². The molecule has 0 saturated carbocycles. The zero-order valence-electron chi connectivity index (χ0n) is 10.5. The van der Waals surface area contributed by atoms with Crippen molar-refractivity contribution in [2.45, 2.75) is 0 Å². The van der Waals surface area contributed by atoms with Gasteiger partial charge in [0.2, 0.25) is 0 Å². The van der Waals surface area contributed by atoms with Crippen molar-refractivity contribution in [1.29, 1.82) is 0 Å². The van der Waals surface area contributed by atoms with Crippen LogP contribution in [0, 0.1) is 0 Å². The average Bonchev–Trinajstić information content (AvgIpc) is 2.46. The maximum absolute atomic E-state index is 11.3. The standard InChI is InChI=1S/C16H13ClO2/c1-19-16-5-3-2-4-13(16)10-14(11-18)12-6-8-15(17)9-7-12/h2-11H,1H3. The Balaban J connectivity index is 2.43. The molecule has 0 fully saturated rings. The van der Waals surface area contributed by atoms with E-state index in [1.807, 2.05) is 36.4 Å². The Labute approximate surface area is 117 Å². The van der Waals surface area contributed by atoms with Gasteiger partial charge in [0.1, 0.15) is 5.75 Å². The topological polar surface area (TPSA) is 26.3 Å². The molecule has 2 nitrogen and oxygen atoms in total. The van der Waals surface area contributed by atoms with Gasteiger partial charge in [-0.3, -0.25) is 4.79 Å². The average molecular weight is 273 g/mol. The fraction of sp³-hybridized carbons (Fsp3) is 0.0625. The number of halogens is 1. The zero-order valence-corrected chi connectivity index (χ0v) is 11.2. The minimum atomic E-state index is 0.584. The summed E-state index contributed by atoms with van der Waals surface area (Å²) in [4.78, 5) is 11.3. The molecule has 0 spiro atoms. The minimum Gasteiger partial charge on any atom is -0.496 e. The number of rotatable bonds is 4. The van der Waals surface area contributed by atoms with Gasteiger partial charge in [0.25, 0.3) is 0 Å². The quantitative estimate of drug-likeness (QED) is 0.476. The molecule has 0 aliphatic carbocycles. The second kappa shape index (κ2) is 6.21. The van der Waals surface area contributed by atoms with E-state index < -0.39 is 0 Å². The second-order valence-electron chi connectivity index (χ2n) is 3.97. The minimum absolute atomic E-state index is 0.584. The molecule has 2 aromatic carbocycles. The van der Waals surface area contributed by atoms with Crippen LogP contribution in [-0.2, 0) is 4.79 Å². The molecule has 0 heterocycles. The van der Waals surface area contributed by atoms with Gasteiger partial charge >= 0.3 is 0 Å². The molecule has 0 unspecified atom stereocenters. The van der Waals surface area contributed by atoms with E-state index in [1.54, 1.807) is 25.3 Å². The first-order valence-corrected chi connectivity index (χ1v) is 6.18. The molecule has 2 rings (SSSR count). The molecule has 0 N–H and O–H groups in total. The van der Waals surface area contributed by atoms with E-state index in [0.29, 0.717) is 10.6 Å². The Morgan fingerprint density at radius 2 is 1.79 bits per heavy atom. The number of ether oxygens (including phenoxy) is 1. The van der Waals surface area contributed by atoms with Gasteiger partial charge in [-0.1, -0.05) is 41.9 Å². The summed E-state index contributed by atoms with van der Waals surface area (Å²) in [7, 11) is 1.61. The van der Waals surface area contributed by atoms with Crippen LogP contribution in [0.4, 0.5) is 0 Å². The maximum Gasteiger partial charge on any atom is 0.150 e. The van der Waals surface area contributed by atoms with Crippen LogP contribution in [0.1, 0.15) is 11.1 Å². The Morgan fingerprint density at radius 3 is 2.42 bits per heavy atom. The van der Waals surface area contributed by atoms with Gasteiger partial charge in [-0.15, -0.1) is 0 Å². The molecule has 0 atom stereocenters. The number of hydrogen-bond acceptors (Lipinski definition) is 2. The van der Waals surface area contributed by atoms with Crippen molar-refractivity contribution in [2.24, 2.45) is 0 Å². The third kappa shape index (κ3) is 3.24. The van der Waals surface area contributed by atoms with Crippen LogP contribution < -0.4 is 4.74 Å². The van der Waals surface area contributed by atoms with Crippen molar-refractivity contribution in [2.75, 3.05) is 7.11 Å². The first-order chi connectivity index (χ1) is 9.24. The summed E-state index contributed by atoms with van der Waals surface area (Å²) in [6.45, 7) is 0. The molecule has 2 aromatic rings. The van der Waals surface area contributed by atoms with Crippen molar-refractivity contribution in [1.82, 2.24) is 0 Å². The lowest BCUT2D eigenvalue weighted by Gasteiger charge is -2.06. The third-order valence-corrected chi connectivity index (χ3v) is 3.01. The van der Waals surface area contributed by atoms with Crippen LogP contribution in [0.2, 0.25) is 5.02 Å². The molecular weight excluding hydrogens is 260 g/mol. The lowest BCUT2D eigenvalue weighted by atomic mass is 10.0. The fourth-order valence-electron chi connectivity index (χ4n) is 1.78. The largest absolute Gasteiger partial charge is 0.496 e. The molecule has 0 bridgehead atoms. The van der Waals surface area contributed by atoms with Gasteiger partial charge in [-0.2, -0.15) is 0 Å². The fourth-order valence-corrected chi connectivity index (χ4v) is 1.91. The number of methoxy groups -OCH3 is 1. The second-order valence-corrected chi connectivity index (χ2v) is 4.40. The number of benzene rings is 2. The molecule has 0 aliphatic heterocycles. The van der Waals surface area contributed by atoms with E-state index in [1.165, 1.54) is 0 Å². The van der Waals surface area contributed by atoms with Crippen molar-refractivity contribution in [3.05, 3.63) is 64.7 Å². The van der Waals surface area contributed by atoms with Crippen LogP contribution in [0.15, 0.2) is 48.5 Å². The summed E-state index contributed by atoms with van der Waals surface area (Å²) in [5.41, 5.74) is 2.27. The third-order valence-electron chi connectivity index (χ3n) is 2.75. The van der Waals surface area contributed by atoms with E-state index in [9.17, 15) is 4.79 Å².